The molecule has 0 aliphatic carbocycles. The summed E-state index contributed by atoms with van der Waals surface area (Å²) in [6, 6.07) is 18.4. The summed E-state index contributed by atoms with van der Waals surface area (Å²) < 4.78 is 0. The third-order valence-electron chi connectivity index (χ3n) is 4.90. The minimum absolute atomic E-state index is 0.176. The Hall–Kier alpha value is -2.61. The Bertz CT molecular complexity index is 802. The number of carbonyl (C=O) groups is 1. The molecule has 2 aromatic carbocycles. The highest BCUT2D eigenvalue weighted by molar-refractivity contribution is 6.08. The van der Waals surface area contributed by atoms with Crippen LogP contribution >= 0.6 is 0 Å². The minimum Gasteiger partial charge on any atom is -0.307 e. The van der Waals surface area contributed by atoms with Gasteiger partial charge in [0.2, 0.25) is 5.91 Å². The fourth-order valence-electron chi connectivity index (χ4n) is 3.62. The van der Waals surface area contributed by atoms with Crippen LogP contribution in [0.25, 0.3) is 0 Å². The Morgan fingerprint density at radius 3 is 2.40 bits per heavy atom. The third kappa shape index (κ3) is 3.17. The van der Waals surface area contributed by atoms with Crippen LogP contribution in [-0.4, -0.2) is 5.91 Å². The molecule has 2 aromatic rings. The number of allylic oxidation sites excluding steroid dienone is 3. The van der Waals surface area contributed by atoms with E-state index in [1.807, 2.05) is 41.3 Å². The Morgan fingerprint density at radius 2 is 1.72 bits per heavy atom. The van der Waals surface area contributed by atoms with Crippen molar-refractivity contribution in [2.75, 3.05) is 4.90 Å². The van der Waals surface area contributed by atoms with Crippen LogP contribution in [0, 0.1) is 0 Å². The van der Waals surface area contributed by atoms with Gasteiger partial charge in [-0.1, -0.05) is 66.3 Å². The molecule has 0 saturated carbocycles. The fourth-order valence-corrected chi connectivity index (χ4v) is 3.62. The molecule has 0 bridgehead atoms. The van der Waals surface area contributed by atoms with Crippen molar-refractivity contribution in [2.24, 2.45) is 0 Å². The highest BCUT2D eigenvalue weighted by Gasteiger charge is 2.48. The van der Waals surface area contributed by atoms with Gasteiger partial charge in [-0.15, -0.1) is 6.58 Å². The molecule has 1 heterocycles. The van der Waals surface area contributed by atoms with Crippen LogP contribution in [0.2, 0.25) is 0 Å². The molecule has 1 amide bonds. The predicted molar refractivity (Wildman–Crippen MR) is 105 cm³/mol. The summed E-state index contributed by atoms with van der Waals surface area (Å²) >= 11 is 0. The van der Waals surface area contributed by atoms with Gasteiger partial charge in [0.15, 0.2) is 0 Å². The number of carbonyl (C=O) groups excluding carboxylic acids is 1. The lowest BCUT2D eigenvalue weighted by Crippen LogP contribution is -2.39. The average molecular weight is 331 g/mol. The van der Waals surface area contributed by atoms with Crippen LogP contribution in [0.15, 0.2) is 78.9 Å². The van der Waals surface area contributed by atoms with Gasteiger partial charge >= 0.3 is 0 Å². The largest absolute Gasteiger partial charge is 0.307 e. The van der Waals surface area contributed by atoms with Gasteiger partial charge < -0.3 is 4.90 Å². The summed E-state index contributed by atoms with van der Waals surface area (Å²) in [5.74, 6) is 0.176. The maximum absolute atomic E-state index is 13.5. The zero-order chi connectivity index (χ0) is 17.9. The normalized spacial score (nSPS) is 18.8. The van der Waals surface area contributed by atoms with E-state index in [-0.39, 0.29) is 5.91 Å². The van der Waals surface area contributed by atoms with Crippen molar-refractivity contribution in [3.8, 4) is 0 Å². The van der Waals surface area contributed by atoms with Gasteiger partial charge in [0, 0.05) is 5.69 Å². The zero-order valence-corrected chi connectivity index (χ0v) is 15.0. The van der Waals surface area contributed by atoms with Gasteiger partial charge in [0.1, 0.15) is 0 Å². The van der Waals surface area contributed by atoms with E-state index in [1.54, 1.807) is 0 Å². The number of fused-ring (bicyclic) bond motifs is 1. The molecule has 3 rings (SSSR count). The fraction of sp³-hybridized carbons (Fsp3) is 0.261. The highest BCUT2D eigenvalue weighted by atomic mass is 16.2. The number of benzene rings is 2. The van der Waals surface area contributed by atoms with Gasteiger partial charge in [0.25, 0.3) is 0 Å². The molecule has 25 heavy (non-hydrogen) atoms. The third-order valence-corrected chi connectivity index (χ3v) is 4.90. The second-order valence-corrected chi connectivity index (χ2v) is 6.95. The predicted octanol–water partition coefficient (Wildman–Crippen LogP) is 5.40. The number of para-hydroxylation sites is 1. The lowest BCUT2D eigenvalue weighted by atomic mass is 9.75. The molecule has 1 aliphatic rings. The summed E-state index contributed by atoms with van der Waals surface area (Å²) in [7, 11) is 0. The number of hydrogen-bond acceptors (Lipinski definition) is 1. The second-order valence-electron chi connectivity index (χ2n) is 6.95. The van der Waals surface area contributed by atoms with E-state index in [2.05, 4.69) is 50.8 Å². The van der Waals surface area contributed by atoms with E-state index in [0.717, 1.165) is 16.8 Å². The molecular formula is C23H25NO. The van der Waals surface area contributed by atoms with Crippen molar-refractivity contribution in [3.05, 3.63) is 90.0 Å². The summed E-state index contributed by atoms with van der Waals surface area (Å²) in [5, 5.41) is 0. The molecule has 0 radical (unpaired) electrons. The van der Waals surface area contributed by atoms with Crippen molar-refractivity contribution in [1.82, 2.24) is 0 Å². The summed E-state index contributed by atoms with van der Waals surface area (Å²) in [4.78, 5) is 15.5. The maximum Gasteiger partial charge on any atom is 0.238 e. The zero-order valence-electron chi connectivity index (χ0n) is 15.0. The number of nitrogens with zero attached hydrogens (tertiary/aromatic N) is 1. The topological polar surface area (TPSA) is 20.3 Å². The van der Waals surface area contributed by atoms with Gasteiger partial charge in [-0.2, -0.15) is 0 Å². The molecule has 0 aromatic heterocycles. The molecule has 2 nitrogen and oxygen atoms in total. The highest BCUT2D eigenvalue weighted by Crippen LogP contribution is 2.47. The van der Waals surface area contributed by atoms with Gasteiger partial charge in [-0.3, -0.25) is 4.79 Å². The van der Waals surface area contributed by atoms with Crippen molar-refractivity contribution < 1.29 is 4.79 Å². The Balaban J connectivity index is 2.07. The first kappa shape index (κ1) is 17.2. The molecule has 2 heteroatoms. The number of hydrogen-bond donors (Lipinski definition) is 0. The standard InChI is InChI=1S/C23H25NO/c1-4-15-23(16-14-18(2)3)20-12-8-9-13-21(20)24(22(23)25)17-19-10-6-5-7-11-19/h4-14H,1,15-17H2,2-3H3. The lowest BCUT2D eigenvalue weighted by molar-refractivity contribution is -0.123. The SMILES string of the molecule is C=CCC1(CC=C(C)C)C(=O)N(Cc2ccccc2)c2ccccc21. The van der Waals surface area contributed by atoms with Crippen LogP contribution < -0.4 is 4.90 Å². The number of rotatable bonds is 6. The lowest BCUT2D eigenvalue weighted by Gasteiger charge is -2.27. The minimum atomic E-state index is -0.537. The smallest absolute Gasteiger partial charge is 0.238 e. The van der Waals surface area contributed by atoms with Crippen LogP contribution in [0.3, 0.4) is 0 Å². The summed E-state index contributed by atoms with van der Waals surface area (Å²) in [6.07, 6.45) is 5.41. The van der Waals surface area contributed by atoms with E-state index < -0.39 is 5.41 Å². The number of anilines is 1. The molecule has 0 spiro atoms. The van der Waals surface area contributed by atoms with E-state index in [9.17, 15) is 4.79 Å². The van der Waals surface area contributed by atoms with E-state index in [0.29, 0.717) is 19.4 Å². The summed E-state index contributed by atoms with van der Waals surface area (Å²) in [6.45, 7) is 8.68. The quantitative estimate of drug-likeness (QED) is 0.649. The van der Waals surface area contributed by atoms with Crippen molar-refractivity contribution in [3.63, 3.8) is 0 Å². The number of amides is 1. The van der Waals surface area contributed by atoms with Crippen LogP contribution in [0.4, 0.5) is 5.69 Å². The molecule has 1 atom stereocenters. The van der Waals surface area contributed by atoms with E-state index in [1.165, 1.54) is 5.57 Å². The van der Waals surface area contributed by atoms with Crippen LogP contribution in [0.5, 0.6) is 0 Å². The molecule has 0 saturated heterocycles. The maximum atomic E-state index is 13.5. The molecule has 128 valence electrons. The van der Waals surface area contributed by atoms with Crippen LogP contribution in [-0.2, 0) is 16.8 Å². The monoisotopic (exact) mass is 331 g/mol. The van der Waals surface area contributed by atoms with Crippen molar-refractivity contribution >= 4 is 11.6 Å². The Kier molecular flexibility index (Phi) is 4.89. The first-order valence-electron chi connectivity index (χ1n) is 8.78. The van der Waals surface area contributed by atoms with Gasteiger partial charge in [-0.05, 0) is 43.9 Å². The molecule has 0 N–H and O–H groups in total. The van der Waals surface area contributed by atoms with Gasteiger partial charge in [0.05, 0.1) is 12.0 Å². The first-order valence-corrected chi connectivity index (χ1v) is 8.78. The molecular weight excluding hydrogens is 306 g/mol. The van der Waals surface area contributed by atoms with Gasteiger partial charge in [-0.25, -0.2) is 0 Å². The Labute approximate surface area is 150 Å². The second kappa shape index (κ2) is 7.10. The molecule has 1 aliphatic heterocycles. The molecule has 0 fully saturated rings. The first-order chi connectivity index (χ1) is 12.1. The van der Waals surface area contributed by atoms with E-state index >= 15 is 0 Å². The average Bonchev–Trinajstić information content (AvgIpc) is 2.84. The van der Waals surface area contributed by atoms with Crippen molar-refractivity contribution in [2.45, 2.75) is 38.6 Å². The van der Waals surface area contributed by atoms with Crippen molar-refractivity contribution in [1.29, 1.82) is 0 Å². The summed E-state index contributed by atoms with van der Waals surface area (Å²) in [5.41, 5.74) is 3.98. The Morgan fingerprint density at radius 1 is 1.04 bits per heavy atom. The van der Waals surface area contributed by atoms with E-state index in [4.69, 9.17) is 0 Å². The molecule has 1 unspecified atom stereocenters. The van der Waals surface area contributed by atoms with Crippen LogP contribution in [0.1, 0.15) is 37.8 Å².